The summed E-state index contributed by atoms with van der Waals surface area (Å²) >= 11 is 0. The SMILES string of the molecule is COC(=O)CC1(CC2(CC3(CC(=O)OC)c4ccccc4-c4nc5ccccc5cc43)c3ccccc3-c3nc4ccccc4cc32)c2ccccc2-c2nc3ccccc3cc21. The lowest BCUT2D eigenvalue weighted by Crippen LogP contribution is -2.45. The molecule has 7 nitrogen and oxygen atoms in total. The third kappa shape index (κ3) is 5.29. The van der Waals surface area contributed by atoms with Crippen LogP contribution in [0.25, 0.3) is 66.5 Å². The minimum absolute atomic E-state index is 0.0666. The number of hydrogen-bond acceptors (Lipinski definition) is 7. The first-order valence-corrected chi connectivity index (χ1v) is 21.5. The van der Waals surface area contributed by atoms with Crippen molar-refractivity contribution < 1.29 is 19.1 Å². The van der Waals surface area contributed by atoms with Gasteiger partial charge in [0, 0.05) is 49.1 Å². The Balaban J connectivity index is 1.22. The molecule has 3 aliphatic carbocycles. The number of nitrogens with zero attached hydrogens (tertiary/aromatic N) is 3. The standard InChI is InChI=1S/C56H41N3O4/c1-62-49(60)30-54(40-21-9-6-18-37(40)51-43(54)27-34-15-3-12-24-46(34)57-51)32-56(42-23-11-8-20-39(42)53-45(56)29-36-17-5-14-26-48(36)59-53)33-55(31-50(61)63-2)41-22-10-7-19-38(41)52-44(55)28-35-16-4-13-25-47(35)58-52/h3-29H,30-33H2,1-2H3. The number of para-hydroxylation sites is 3. The van der Waals surface area contributed by atoms with Crippen LogP contribution in [-0.2, 0) is 35.3 Å². The Labute approximate surface area is 364 Å². The zero-order chi connectivity index (χ0) is 42.5. The van der Waals surface area contributed by atoms with Crippen LogP contribution in [0.1, 0.15) is 59.1 Å². The lowest BCUT2D eigenvalue weighted by Gasteiger charge is -2.46. The fourth-order valence-electron chi connectivity index (χ4n) is 11.8. The Morgan fingerprint density at radius 1 is 0.397 bits per heavy atom. The van der Waals surface area contributed by atoms with Crippen molar-refractivity contribution in [2.45, 2.75) is 41.9 Å². The van der Waals surface area contributed by atoms with E-state index in [2.05, 4.69) is 121 Å². The molecule has 0 fully saturated rings. The average Bonchev–Trinajstić information content (AvgIpc) is 3.84. The predicted molar refractivity (Wildman–Crippen MR) is 246 cm³/mol. The van der Waals surface area contributed by atoms with Crippen molar-refractivity contribution in [1.29, 1.82) is 0 Å². The molecule has 7 heteroatoms. The van der Waals surface area contributed by atoms with E-state index in [4.69, 9.17) is 24.4 Å². The molecule has 3 heterocycles. The molecule has 0 spiro atoms. The van der Waals surface area contributed by atoms with E-state index in [1.807, 2.05) is 42.5 Å². The molecule has 2 unspecified atom stereocenters. The molecule has 304 valence electrons. The molecular formula is C56H41N3O4. The molecule has 0 aliphatic heterocycles. The van der Waals surface area contributed by atoms with Gasteiger partial charge in [0.1, 0.15) is 0 Å². The third-order valence-electron chi connectivity index (χ3n) is 14.4. The molecule has 63 heavy (non-hydrogen) atoms. The lowest BCUT2D eigenvalue weighted by molar-refractivity contribution is -0.142. The first-order chi connectivity index (χ1) is 30.9. The third-order valence-corrected chi connectivity index (χ3v) is 14.4. The van der Waals surface area contributed by atoms with E-state index in [1.54, 1.807) is 0 Å². The summed E-state index contributed by atoms with van der Waals surface area (Å²) in [5, 5.41) is 2.99. The number of ether oxygens (including phenoxy) is 2. The summed E-state index contributed by atoms with van der Waals surface area (Å²) in [6, 6.07) is 56.9. The number of benzene rings is 6. The summed E-state index contributed by atoms with van der Waals surface area (Å²) in [6.07, 6.45) is 1.00. The largest absolute Gasteiger partial charge is 0.469 e. The van der Waals surface area contributed by atoms with Gasteiger partial charge in [0.05, 0.1) is 60.7 Å². The Hall–Kier alpha value is -7.51. The second-order valence-corrected chi connectivity index (χ2v) is 17.5. The Bertz CT molecular complexity index is 3250. The van der Waals surface area contributed by atoms with Crippen molar-refractivity contribution in [2.75, 3.05) is 14.2 Å². The van der Waals surface area contributed by atoms with Crippen LogP contribution in [0.5, 0.6) is 0 Å². The number of carbonyl (C=O) groups excluding carboxylic acids is 2. The number of methoxy groups -OCH3 is 2. The highest BCUT2D eigenvalue weighted by Gasteiger charge is 2.59. The fourth-order valence-corrected chi connectivity index (χ4v) is 11.8. The second-order valence-electron chi connectivity index (χ2n) is 17.5. The minimum atomic E-state index is -0.939. The van der Waals surface area contributed by atoms with Gasteiger partial charge in [-0.1, -0.05) is 127 Å². The highest BCUT2D eigenvalue weighted by molar-refractivity contribution is 5.94. The maximum Gasteiger partial charge on any atom is 0.306 e. The molecule has 6 aromatic carbocycles. The van der Waals surface area contributed by atoms with E-state index < -0.39 is 16.2 Å². The quantitative estimate of drug-likeness (QED) is 0.141. The van der Waals surface area contributed by atoms with Gasteiger partial charge in [-0.2, -0.15) is 0 Å². The molecule has 2 atom stereocenters. The Morgan fingerprint density at radius 3 is 1.06 bits per heavy atom. The topological polar surface area (TPSA) is 91.3 Å². The molecule has 9 aromatic rings. The van der Waals surface area contributed by atoms with Gasteiger partial charge in [-0.15, -0.1) is 0 Å². The highest BCUT2D eigenvalue weighted by atomic mass is 16.5. The number of carbonyl (C=O) groups is 2. The van der Waals surface area contributed by atoms with Crippen molar-refractivity contribution in [3.8, 4) is 33.8 Å². The molecule has 0 N–H and O–H groups in total. The number of hydrogen-bond donors (Lipinski definition) is 0. The van der Waals surface area contributed by atoms with E-state index in [-0.39, 0.29) is 24.8 Å². The molecule has 0 radical (unpaired) electrons. The van der Waals surface area contributed by atoms with Crippen LogP contribution in [0.2, 0.25) is 0 Å². The highest BCUT2D eigenvalue weighted by Crippen LogP contribution is 2.66. The number of aromatic nitrogens is 3. The molecule has 3 aromatic heterocycles. The zero-order valence-corrected chi connectivity index (χ0v) is 34.9. The molecule has 0 bridgehead atoms. The van der Waals surface area contributed by atoms with Crippen molar-refractivity contribution in [3.05, 3.63) is 197 Å². The van der Waals surface area contributed by atoms with Gasteiger partial charge < -0.3 is 9.47 Å². The van der Waals surface area contributed by atoms with Gasteiger partial charge in [0.15, 0.2) is 0 Å². The number of pyridine rings is 3. The Morgan fingerprint density at radius 2 is 0.698 bits per heavy atom. The average molecular weight is 820 g/mol. The van der Waals surface area contributed by atoms with Crippen molar-refractivity contribution in [1.82, 2.24) is 15.0 Å². The summed E-state index contributed by atoms with van der Waals surface area (Å²) in [5.74, 6) is -0.638. The second kappa shape index (κ2) is 13.7. The summed E-state index contributed by atoms with van der Waals surface area (Å²) in [4.78, 5) is 44.9. The van der Waals surface area contributed by atoms with E-state index in [0.717, 1.165) is 99.9 Å². The first kappa shape index (κ1) is 37.3. The summed E-state index contributed by atoms with van der Waals surface area (Å²) in [5.41, 5.74) is 11.7. The minimum Gasteiger partial charge on any atom is -0.469 e. The van der Waals surface area contributed by atoms with Crippen molar-refractivity contribution in [3.63, 3.8) is 0 Å². The number of esters is 2. The molecule has 0 amide bonds. The molecular weight excluding hydrogens is 779 g/mol. The normalized spacial score (nSPS) is 19.8. The first-order valence-electron chi connectivity index (χ1n) is 21.5. The molecule has 0 saturated carbocycles. The van der Waals surface area contributed by atoms with Crippen molar-refractivity contribution >= 4 is 44.6 Å². The van der Waals surface area contributed by atoms with Crippen LogP contribution in [0.15, 0.2) is 164 Å². The zero-order valence-electron chi connectivity index (χ0n) is 34.9. The van der Waals surface area contributed by atoms with Crippen LogP contribution in [0.4, 0.5) is 0 Å². The van der Waals surface area contributed by atoms with E-state index in [0.29, 0.717) is 12.8 Å². The van der Waals surface area contributed by atoms with E-state index >= 15 is 0 Å². The maximum absolute atomic E-state index is 14.3. The smallest absolute Gasteiger partial charge is 0.306 e. The van der Waals surface area contributed by atoms with Crippen LogP contribution in [0, 0.1) is 0 Å². The van der Waals surface area contributed by atoms with Crippen LogP contribution >= 0.6 is 0 Å². The number of rotatable bonds is 8. The van der Waals surface area contributed by atoms with Crippen LogP contribution < -0.4 is 0 Å². The molecule has 12 rings (SSSR count). The lowest BCUT2D eigenvalue weighted by atomic mass is 9.55. The van der Waals surface area contributed by atoms with Gasteiger partial charge in [-0.05, 0) is 82.6 Å². The van der Waals surface area contributed by atoms with Gasteiger partial charge in [0.2, 0.25) is 0 Å². The van der Waals surface area contributed by atoms with E-state index in [9.17, 15) is 9.59 Å². The fraction of sp³-hybridized carbons (Fsp3) is 0.161. The van der Waals surface area contributed by atoms with Gasteiger partial charge in [0.25, 0.3) is 0 Å². The van der Waals surface area contributed by atoms with Gasteiger partial charge in [-0.25, -0.2) is 15.0 Å². The molecule has 3 aliphatic rings. The van der Waals surface area contributed by atoms with Crippen LogP contribution in [-0.4, -0.2) is 41.1 Å². The maximum atomic E-state index is 14.3. The van der Waals surface area contributed by atoms with Gasteiger partial charge in [-0.3, -0.25) is 9.59 Å². The summed E-state index contributed by atoms with van der Waals surface area (Å²) < 4.78 is 11.3. The monoisotopic (exact) mass is 819 g/mol. The Kier molecular flexibility index (Phi) is 8.13. The van der Waals surface area contributed by atoms with Crippen molar-refractivity contribution in [2.24, 2.45) is 0 Å². The predicted octanol–water partition coefficient (Wildman–Crippen LogP) is 11.4. The van der Waals surface area contributed by atoms with Gasteiger partial charge >= 0.3 is 11.9 Å². The number of fused-ring (bicyclic) bond motifs is 12. The molecule has 0 saturated heterocycles. The van der Waals surface area contributed by atoms with E-state index in [1.165, 1.54) is 14.2 Å². The summed E-state index contributed by atoms with van der Waals surface area (Å²) in [7, 11) is 2.94. The summed E-state index contributed by atoms with van der Waals surface area (Å²) in [6.45, 7) is 0. The van der Waals surface area contributed by atoms with Crippen LogP contribution in [0.3, 0.4) is 0 Å².